The van der Waals surface area contributed by atoms with Gasteiger partial charge in [0.1, 0.15) is 11.4 Å². The van der Waals surface area contributed by atoms with Crippen molar-refractivity contribution >= 4 is 62.0 Å². The second-order valence-corrected chi connectivity index (χ2v) is 9.68. The molecule has 2 aromatic carbocycles. The molecule has 2 aromatic heterocycles. The Hall–Kier alpha value is -3.21. The molecule has 0 saturated carbocycles. The zero-order chi connectivity index (χ0) is 22.7. The van der Waals surface area contributed by atoms with Crippen molar-refractivity contribution < 1.29 is 22.7 Å². The van der Waals surface area contributed by atoms with E-state index in [0.717, 1.165) is 5.56 Å². The lowest BCUT2D eigenvalue weighted by Gasteiger charge is -2.12. The number of furan rings is 1. The Morgan fingerprint density at radius 3 is 2.72 bits per heavy atom. The van der Waals surface area contributed by atoms with E-state index in [9.17, 15) is 13.2 Å². The van der Waals surface area contributed by atoms with E-state index in [2.05, 4.69) is 15.0 Å². The fraction of sp³-hybridized carbons (Fsp3) is 0.0476. The predicted octanol–water partition coefficient (Wildman–Crippen LogP) is 5.66. The van der Waals surface area contributed by atoms with Crippen LogP contribution in [-0.2, 0) is 15.8 Å². The maximum Gasteiger partial charge on any atom is 0.410 e. The molecule has 32 heavy (non-hydrogen) atoms. The van der Waals surface area contributed by atoms with E-state index in [4.69, 9.17) is 21.1 Å². The van der Waals surface area contributed by atoms with Crippen LogP contribution in [0.15, 0.2) is 81.3 Å². The van der Waals surface area contributed by atoms with E-state index in [0.29, 0.717) is 32.3 Å². The first-order valence-electron chi connectivity index (χ1n) is 9.19. The van der Waals surface area contributed by atoms with Crippen molar-refractivity contribution in [2.24, 2.45) is 0 Å². The van der Waals surface area contributed by atoms with Gasteiger partial charge in [0.2, 0.25) is 5.09 Å². The number of hydrogen-bond acceptors (Lipinski definition) is 6. The van der Waals surface area contributed by atoms with Gasteiger partial charge in [-0.2, -0.15) is 8.42 Å². The molecule has 0 spiro atoms. The van der Waals surface area contributed by atoms with Crippen molar-refractivity contribution in [2.45, 2.75) is 15.7 Å². The highest BCUT2D eigenvalue weighted by Crippen LogP contribution is 2.34. The molecule has 1 amide bonds. The van der Waals surface area contributed by atoms with Crippen LogP contribution in [0.2, 0.25) is 5.02 Å². The normalized spacial score (nSPS) is 11.4. The number of para-hydroxylation sites is 1. The number of nitrogens with zero attached hydrogens (tertiary/aromatic N) is 1. The first-order chi connectivity index (χ1) is 15.3. The third kappa shape index (κ3) is 5.16. The molecule has 2 heterocycles. The van der Waals surface area contributed by atoms with Crippen LogP contribution in [0.4, 0.5) is 16.3 Å². The van der Waals surface area contributed by atoms with Crippen molar-refractivity contribution in [1.29, 1.82) is 0 Å². The maximum absolute atomic E-state index is 12.9. The molecule has 0 radical (unpaired) electrons. The highest BCUT2D eigenvalue weighted by atomic mass is 35.5. The van der Waals surface area contributed by atoms with E-state index < -0.39 is 16.1 Å². The summed E-state index contributed by atoms with van der Waals surface area (Å²) in [5.74, 6) is 0.648. The van der Waals surface area contributed by atoms with Gasteiger partial charge in [-0.1, -0.05) is 29.8 Å². The third-order valence-electron chi connectivity index (χ3n) is 4.31. The molecule has 0 atom stereocenters. The lowest BCUT2D eigenvalue weighted by molar-refractivity contribution is 0.209. The van der Waals surface area contributed by atoms with Crippen LogP contribution in [-0.4, -0.2) is 24.6 Å². The minimum atomic E-state index is -3.99. The summed E-state index contributed by atoms with van der Waals surface area (Å²) in [5, 5.41) is 11.9. The van der Waals surface area contributed by atoms with Crippen LogP contribution < -0.4 is 10.0 Å². The molecule has 0 aliphatic rings. The number of benzene rings is 2. The Bertz CT molecular complexity index is 1370. The summed E-state index contributed by atoms with van der Waals surface area (Å²) >= 11 is 7.46. The molecule has 0 aliphatic carbocycles. The van der Waals surface area contributed by atoms with Gasteiger partial charge in [-0.15, -0.1) is 11.8 Å². The first-order valence-corrected chi connectivity index (χ1v) is 12.0. The summed E-state index contributed by atoms with van der Waals surface area (Å²) in [6.07, 6.45) is 0.288. The summed E-state index contributed by atoms with van der Waals surface area (Å²) in [6.45, 7) is 0. The zero-order valence-corrected chi connectivity index (χ0v) is 18.7. The second-order valence-electron chi connectivity index (χ2n) is 6.62. The number of carbonyl (C=O) groups is 1. The van der Waals surface area contributed by atoms with Crippen molar-refractivity contribution in [3.05, 3.63) is 77.4 Å². The fourth-order valence-corrected chi connectivity index (χ4v) is 5.10. The molecule has 0 unspecified atom stereocenters. The summed E-state index contributed by atoms with van der Waals surface area (Å²) in [5.41, 5.74) is 1.58. The molecule has 8 nitrogen and oxygen atoms in total. The number of hydrogen-bond donors (Lipinski definition) is 3. The number of sulfonamides is 1. The van der Waals surface area contributed by atoms with Crippen molar-refractivity contribution in [3.63, 3.8) is 0 Å². The number of aromatic nitrogens is 1. The number of anilines is 2. The van der Waals surface area contributed by atoms with Crippen LogP contribution >= 0.6 is 23.4 Å². The molecule has 3 N–H and O–H groups in total. The number of halogens is 1. The molecular formula is C21H16ClN3O5S2. The Kier molecular flexibility index (Phi) is 6.26. The number of nitrogens with one attached hydrogen (secondary N) is 2. The van der Waals surface area contributed by atoms with Gasteiger partial charge in [0.15, 0.2) is 0 Å². The van der Waals surface area contributed by atoms with Crippen LogP contribution in [0.3, 0.4) is 0 Å². The quantitative estimate of drug-likeness (QED) is 0.286. The Morgan fingerprint density at radius 1 is 1.12 bits per heavy atom. The minimum absolute atomic E-state index is 0.201. The van der Waals surface area contributed by atoms with E-state index in [1.165, 1.54) is 30.1 Å². The zero-order valence-electron chi connectivity index (χ0n) is 16.3. The van der Waals surface area contributed by atoms with Crippen LogP contribution in [0.1, 0.15) is 5.56 Å². The van der Waals surface area contributed by atoms with Gasteiger partial charge in [-0.3, -0.25) is 10.0 Å². The molecular weight excluding hydrogens is 474 g/mol. The predicted molar refractivity (Wildman–Crippen MR) is 124 cm³/mol. The number of thioether (sulfide) groups is 1. The van der Waals surface area contributed by atoms with Crippen molar-refractivity contribution in [3.8, 4) is 0 Å². The summed E-state index contributed by atoms with van der Waals surface area (Å²) in [7, 11) is -3.99. The average molecular weight is 490 g/mol. The van der Waals surface area contributed by atoms with Gasteiger partial charge in [-0.05, 0) is 42.0 Å². The van der Waals surface area contributed by atoms with Gasteiger partial charge < -0.3 is 9.52 Å². The topological polar surface area (TPSA) is 122 Å². The van der Waals surface area contributed by atoms with Crippen LogP contribution in [0, 0.1) is 0 Å². The van der Waals surface area contributed by atoms with Crippen LogP contribution in [0.25, 0.3) is 11.0 Å². The Labute approximate surface area is 192 Å². The summed E-state index contributed by atoms with van der Waals surface area (Å²) in [6, 6.07) is 16.7. The smallest absolute Gasteiger partial charge is 0.410 e. The number of carboxylic acid groups (broad SMARTS) is 1. The van der Waals surface area contributed by atoms with Gasteiger partial charge in [0.25, 0.3) is 10.0 Å². The van der Waals surface area contributed by atoms with Crippen molar-refractivity contribution in [1.82, 2.24) is 4.98 Å². The summed E-state index contributed by atoms with van der Waals surface area (Å²) in [4.78, 5) is 15.4. The summed E-state index contributed by atoms with van der Waals surface area (Å²) < 4.78 is 33.9. The Morgan fingerprint density at radius 2 is 1.94 bits per heavy atom. The molecule has 11 heteroatoms. The van der Waals surface area contributed by atoms with E-state index >= 15 is 0 Å². The van der Waals surface area contributed by atoms with E-state index in [1.54, 1.807) is 48.5 Å². The molecule has 0 saturated heterocycles. The molecule has 0 aliphatic heterocycles. The fourth-order valence-electron chi connectivity index (χ4n) is 2.90. The average Bonchev–Trinajstić information content (AvgIpc) is 3.18. The van der Waals surface area contributed by atoms with Gasteiger partial charge in [-0.25, -0.2) is 9.78 Å². The highest BCUT2D eigenvalue weighted by molar-refractivity contribution is 7.98. The van der Waals surface area contributed by atoms with Gasteiger partial charge in [0.05, 0.1) is 5.69 Å². The highest BCUT2D eigenvalue weighted by Gasteiger charge is 2.21. The largest absolute Gasteiger partial charge is 0.465 e. The number of pyridine rings is 1. The SMILES string of the molecule is O=C(O)Nc1cc(CSc2ccc(Cl)cc2NS(=O)(=O)c2cc3ccccc3o2)ccn1. The molecule has 0 bridgehead atoms. The first kappa shape index (κ1) is 22.0. The lowest BCUT2D eigenvalue weighted by Crippen LogP contribution is -2.12. The molecule has 4 rings (SSSR count). The molecule has 164 valence electrons. The molecule has 0 fully saturated rings. The van der Waals surface area contributed by atoms with E-state index in [1.807, 2.05) is 0 Å². The third-order valence-corrected chi connectivity index (χ3v) is 6.91. The standard InChI is InChI=1S/C21H16ClN3O5S2/c22-15-5-6-18(31-12-13-7-8-23-19(9-13)24-21(26)27)16(11-15)25-32(28,29)20-10-14-3-1-2-4-17(14)30-20/h1-11,25H,12H2,(H,23,24)(H,26,27). The molecule has 4 aromatic rings. The number of amides is 1. The Balaban J connectivity index is 1.56. The monoisotopic (exact) mass is 489 g/mol. The number of rotatable bonds is 7. The number of fused-ring (bicyclic) bond motifs is 1. The van der Waals surface area contributed by atoms with E-state index in [-0.39, 0.29) is 10.9 Å². The maximum atomic E-state index is 12.9. The van der Waals surface area contributed by atoms with Gasteiger partial charge >= 0.3 is 6.09 Å². The van der Waals surface area contributed by atoms with Crippen molar-refractivity contribution in [2.75, 3.05) is 10.0 Å². The van der Waals surface area contributed by atoms with Crippen LogP contribution in [0.5, 0.6) is 0 Å². The minimum Gasteiger partial charge on any atom is -0.465 e. The lowest BCUT2D eigenvalue weighted by atomic mass is 10.3. The van der Waals surface area contributed by atoms with Gasteiger partial charge in [0, 0.05) is 33.3 Å². The second kappa shape index (κ2) is 9.11.